The maximum atomic E-state index is 12.8. The number of rotatable bonds is 8. The second kappa shape index (κ2) is 9.74. The van der Waals surface area contributed by atoms with Gasteiger partial charge in [0.15, 0.2) is 6.10 Å². The zero-order valence-corrected chi connectivity index (χ0v) is 19.2. The fourth-order valence-electron chi connectivity index (χ4n) is 2.94. The van der Waals surface area contributed by atoms with Gasteiger partial charge < -0.3 is 14.8 Å². The van der Waals surface area contributed by atoms with E-state index < -0.39 is 16.1 Å². The highest BCUT2D eigenvalue weighted by Crippen LogP contribution is 2.28. The first kappa shape index (κ1) is 23.1. The summed E-state index contributed by atoms with van der Waals surface area (Å²) >= 11 is 0. The van der Waals surface area contributed by atoms with Gasteiger partial charge in [-0.1, -0.05) is 23.8 Å². The third kappa shape index (κ3) is 5.79. The van der Waals surface area contributed by atoms with Crippen LogP contribution in [0.1, 0.15) is 18.1 Å². The number of nitrogens with one attached hydrogen (secondary N) is 2. The van der Waals surface area contributed by atoms with Crippen LogP contribution in [-0.4, -0.2) is 27.5 Å². The minimum absolute atomic E-state index is 0.0583. The summed E-state index contributed by atoms with van der Waals surface area (Å²) in [6, 6.07) is 18.5. The van der Waals surface area contributed by atoms with Crippen LogP contribution >= 0.6 is 0 Å². The molecule has 1 atom stereocenters. The lowest BCUT2D eigenvalue weighted by Crippen LogP contribution is -2.30. The van der Waals surface area contributed by atoms with Gasteiger partial charge in [0.2, 0.25) is 0 Å². The van der Waals surface area contributed by atoms with Crippen LogP contribution in [0.15, 0.2) is 71.6 Å². The number of methoxy groups -OCH3 is 1. The first-order chi connectivity index (χ1) is 15.2. The van der Waals surface area contributed by atoms with E-state index in [1.165, 1.54) is 31.4 Å². The minimum Gasteiger partial charge on any atom is -0.495 e. The quantitative estimate of drug-likeness (QED) is 0.522. The Labute approximate surface area is 188 Å². The molecule has 3 rings (SSSR count). The van der Waals surface area contributed by atoms with E-state index in [4.69, 9.17) is 9.47 Å². The van der Waals surface area contributed by atoms with Gasteiger partial charge in [-0.2, -0.15) is 0 Å². The average Bonchev–Trinajstić information content (AvgIpc) is 2.75. The number of hydrogen-bond acceptors (Lipinski definition) is 5. The maximum Gasteiger partial charge on any atom is 0.265 e. The van der Waals surface area contributed by atoms with Crippen LogP contribution in [-0.2, 0) is 14.8 Å². The fraction of sp³-hybridized carbons (Fsp3) is 0.208. The predicted molar refractivity (Wildman–Crippen MR) is 125 cm³/mol. The molecule has 0 radical (unpaired) electrons. The highest BCUT2D eigenvalue weighted by molar-refractivity contribution is 7.92. The van der Waals surface area contributed by atoms with Gasteiger partial charge in [0.25, 0.3) is 15.9 Å². The lowest BCUT2D eigenvalue weighted by molar-refractivity contribution is -0.122. The third-order valence-electron chi connectivity index (χ3n) is 4.73. The summed E-state index contributed by atoms with van der Waals surface area (Å²) in [5.74, 6) is 0.673. The second-order valence-electron chi connectivity index (χ2n) is 7.40. The Kier molecular flexibility index (Phi) is 7.05. The smallest absolute Gasteiger partial charge is 0.265 e. The molecule has 0 unspecified atom stereocenters. The summed E-state index contributed by atoms with van der Waals surface area (Å²) in [6.07, 6.45) is -0.725. The minimum atomic E-state index is -3.84. The van der Waals surface area contributed by atoms with Gasteiger partial charge in [-0.25, -0.2) is 8.42 Å². The molecule has 32 heavy (non-hydrogen) atoms. The van der Waals surface area contributed by atoms with Crippen LogP contribution in [0.25, 0.3) is 0 Å². The lowest BCUT2D eigenvalue weighted by Gasteiger charge is -2.15. The number of benzene rings is 3. The molecule has 0 saturated carbocycles. The van der Waals surface area contributed by atoms with Crippen molar-refractivity contribution in [2.45, 2.75) is 31.8 Å². The van der Waals surface area contributed by atoms with Crippen LogP contribution in [0.2, 0.25) is 0 Å². The van der Waals surface area contributed by atoms with Crippen molar-refractivity contribution in [3.05, 3.63) is 77.9 Å². The first-order valence-corrected chi connectivity index (χ1v) is 11.5. The molecule has 2 N–H and O–H groups in total. The van der Waals surface area contributed by atoms with Crippen molar-refractivity contribution in [3.63, 3.8) is 0 Å². The van der Waals surface area contributed by atoms with Crippen molar-refractivity contribution in [3.8, 4) is 11.5 Å². The Morgan fingerprint density at radius 1 is 0.906 bits per heavy atom. The summed E-state index contributed by atoms with van der Waals surface area (Å²) in [5.41, 5.74) is 2.80. The molecule has 3 aromatic rings. The molecule has 0 spiro atoms. The molecule has 0 aliphatic heterocycles. The Bertz CT molecular complexity index is 1190. The fourth-order valence-corrected chi connectivity index (χ4v) is 4.00. The zero-order valence-electron chi connectivity index (χ0n) is 18.4. The van der Waals surface area contributed by atoms with Gasteiger partial charge >= 0.3 is 0 Å². The van der Waals surface area contributed by atoms with Crippen LogP contribution in [0.4, 0.5) is 11.4 Å². The number of carbonyl (C=O) groups is 1. The SMILES string of the molecule is COc1ccc(C)cc1NS(=O)(=O)c1ccc(NC(=O)[C@@H](C)Oc2ccc(C)cc2)cc1. The predicted octanol–water partition coefficient (Wildman–Crippen LogP) is 4.52. The molecule has 7 nitrogen and oxygen atoms in total. The number of amides is 1. The van der Waals surface area contributed by atoms with E-state index in [9.17, 15) is 13.2 Å². The molecule has 0 aromatic heterocycles. The Morgan fingerprint density at radius 2 is 1.53 bits per heavy atom. The van der Waals surface area contributed by atoms with Crippen LogP contribution in [0.3, 0.4) is 0 Å². The van der Waals surface area contributed by atoms with E-state index in [2.05, 4.69) is 10.0 Å². The number of aryl methyl sites for hydroxylation is 2. The van der Waals surface area contributed by atoms with E-state index in [-0.39, 0.29) is 10.8 Å². The summed E-state index contributed by atoms with van der Waals surface area (Å²) in [4.78, 5) is 12.5. The lowest BCUT2D eigenvalue weighted by atomic mass is 10.2. The molecule has 168 valence electrons. The topological polar surface area (TPSA) is 93.7 Å². The zero-order chi connectivity index (χ0) is 23.3. The van der Waals surface area contributed by atoms with Crippen molar-refractivity contribution in [1.29, 1.82) is 0 Å². The van der Waals surface area contributed by atoms with E-state index in [1.807, 2.05) is 32.0 Å². The molecular formula is C24H26N2O5S. The summed E-state index contributed by atoms with van der Waals surface area (Å²) in [5, 5.41) is 2.73. The van der Waals surface area contributed by atoms with Gasteiger partial charge in [0, 0.05) is 5.69 Å². The van der Waals surface area contributed by atoms with Crippen LogP contribution in [0.5, 0.6) is 11.5 Å². The standard InChI is InChI=1S/C24H26N2O5S/c1-16-5-10-20(11-6-16)31-18(3)24(27)25-19-8-12-21(13-9-19)32(28,29)26-22-15-17(2)7-14-23(22)30-4/h5-15,18,26H,1-4H3,(H,25,27)/t18-/m1/s1. The Morgan fingerprint density at radius 3 is 2.16 bits per heavy atom. The molecule has 0 aliphatic rings. The van der Waals surface area contributed by atoms with E-state index in [1.54, 1.807) is 31.2 Å². The number of sulfonamides is 1. The Hall–Kier alpha value is -3.52. The number of ether oxygens (including phenoxy) is 2. The highest BCUT2D eigenvalue weighted by Gasteiger charge is 2.18. The molecule has 0 bridgehead atoms. The molecular weight excluding hydrogens is 428 g/mol. The van der Waals surface area contributed by atoms with Crippen molar-refractivity contribution < 1.29 is 22.7 Å². The van der Waals surface area contributed by atoms with Crippen molar-refractivity contribution in [2.75, 3.05) is 17.1 Å². The van der Waals surface area contributed by atoms with E-state index >= 15 is 0 Å². The summed E-state index contributed by atoms with van der Waals surface area (Å²) < 4.78 is 39.0. The van der Waals surface area contributed by atoms with E-state index in [0.717, 1.165) is 11.1 Å². The van der Waals surface area contributed by atoms with E-state index in [0.29, 0.717) is 22.9 Å². The molecule has 8 heteroatoms. The van der Waals surface area contributed by atoms with Crippen molar-refractivity contribution >= 4 is 27.3 Å². The first-order valence-electron chi connectivity index (χ1n) is 9.99. The van der Waals surface area contributed by atoms with Gasteiger partial charge in [-0.15, -0.1) is 0 Å². The molecule has 0 fully saturated rings. The number of hydrogen-bond donors (Lipinski definition) is 2. The van der Waals surface area contributed by atoms with Gasteiger partial charge in [-0.3, -0.25) is 9.52 Å². The van der Waals surface area contributed by atoms with Gasteiger partial charge in [-0.05, 0) is 74.9 Å². The summed E-state index contributed by atoms with van der Waals surface area (Å²) in [7, 11) is -2.36. The van der Waals surface area contributed by atoms with Gasteiger partial charge in [0.1, 0.15) is 11.5 Å². The monoisotopic (exact) mass is 454 g/mol. The van der Waals surface area contributed by atoms with Crippen molar-refractivity contribution in [2.24, 2.45) is 0 Å². The molecule has 0 aliphatic carbocycles. The normalized spacial score (nSPS) is 12.0. The third-order valence-corrected chi connectivity index (χ3v) is 6.12. The second-order valence-corrected chi connectivity index (χ2v) is 9.08. The highest BCUT2D eigenvalue weighted by atomic mass is 32.2. The molecule has 0 heterocycles. The van der Waals surface area contributed by atoms with Crippen LogP contribution in [0, 0.1) is 13.8 Å². The average molecular weight is 455 g/mol. The molecule has 1 amide bonds. The molecule has 3 aromatic carbocycles. The van der Waals surface area contributed by atoms with Gasteiger partial charge in [0.05, 0.1) is 17.7 Å². The maximum absolute atomic E-state index is 12.8. The number of carbonyl (C=O) groups excluding carboxylic acids is 1. The molecule has 0 saturated heterocycles. The van der Waals surface area contributed by atoms with Crippen LogP contribution < -0.4 is 19.5 Å². The largest absolute Gasteiger partial charge is 0.495 e. The number of anilines is 2. The Balaban J connectivity index is 1.66. The summed E-state index contributed by atoms with van der Waals surface area (Å²) in [6.45, 7) is 5.47. The van der Waals surface area contributed by atoms with Crippen molar-refractivity contribution in [1.82, 2.24) is 0 Å².